The number of carbonyl (C=O) groups excluding carboxylic acids is 1. The van der Waals surface area contributed by atoms with Crippen molar-refractivity contribution >= 4 is 28.3 Å². The monoisotopic (exact) mass is 236 g/mol. The molecule has 0 spiro atoms. The first-order chi connectivity index (χ1) is 7.66. The molecule has 2 aromatic heterocycles. The SMILES string of the molecule is Cc1nc(N)sc1C(=O)Nc1nccnn1. The number of nitrogen functional groups attached to an aromatic ring is 1. The quantitative estimate of drug-likeness (QED) is 0.785. The van der Waals surface area contributed by atoms with E-state index in [1.807, 2.05) is 0 Å². The number of nitrogens with zero attached hydrogens (tertiary/aromatic N) is 4. The highest BCUT2D eigenvalue weighted by molar-refractivity contribution is 7.17. The lowest BCUT2D eigenvalue weighted by Crippen LogP contribution is -2.14. The van der Waals surface area contributed by atoms with Gasteiger partial charge in [0.25, 0.3) is 5.91 Å². The van der Waals surface area contributed by atoms with Gasteiger partial charge in [0.05, 0.1) is 18.1 Å². The van der Waals surface area contributed by atoms with Crippen LogP contribution >= 0.6 is 11.3 Å². The molecule has 82 valence electrons. The van der Waals surface area contributed by atoms with Crippen LogP contribution in [0.25, 0.3) is 0 Å². The van der Waals surface area contributed by atoms with Crippen molar-refractivity contribution in [1.29, 1.82) is 0 Å². The summed E-state index contributed by atoms with van der Waals surface area (Å²) in [7, 11) is 0. The van der Waals surface area contributed by atoms with Crippen molar-refractivity contribution < 1.29 is 4.79 Å². The lowest BCUT2D eigenvalue weighted by atomic mass is 10.4. The first-order valence-electron chi connectivity index (χ1n) is 4.35. The van der Waals surface area contributed by atoms with E-state index in [2.05, 4.69) is 25.5 Å². The smallest absolute Gasteiger partial charge is 0.270 e. The second kappa shape index (κ2) is 4.19. The Kier molecular flexibility index (Phi) is 2.73. The lowest BCUT2D eigenvalue weighted by Gasteiger charge is -1.99. The van der Waals surface area contributed by atoms with E-state index in [0.717, 1.165) is 11.3 Å². The predicted molar refractivity (Wildman–Crippen MR) is 59.0 cm³/mol. The number of hydrogen-bond donors (Lipinski definition) is 2. The molecule has 2 heterocycles. The Hall–Kier alpha value is -2.09. The van der Waals surface area contributed by atoms with Crippen molar-refractivity contribution in [3.05, 3.63) is 23.0 Å². The summed E-state index contributed by atoms with van der Waals surface area (Å²) >= 11 is 1.12. The van der Waals surface area contributed by atoms with Gasteiger partial charge < -0.3 is 5.73 Å². The second-order valence-electron chi connectivity index (χ2n) is 2.89. The fourth-order valence-electron chi connectivity index (χ4n) is 1.09. The van der Waals surface area contributed by atoms with Crippen molar-refractivity contribution in [2.45, 2.75) is 6.92 Å². The minimum atomic E-state index is -0.334. The van der Waals surface area contributed by atoms with Crippen LogP contribution in [0.4, 0.5) is 11.1 Å². The van der Waals surface area contributed by atoms with Gasteiger partial charge in [0.2, 0.25) is 5.95 Å². The van der Waals surface area contributed by atoms with Crippen LogP contribution in [0.3, 0.4) is 0 Å². The Morgan fingerprint density at radius 1 is 1.50 bits per heavy atom. The molecule has 0 aliphatic heterocycles. The normalized spacial score (nSPS) is 10.1. The Balaban J connectivity index is 2.18. The van der Waals surface area contributed by atoms with Gasteiger partial charge in [-0.05, 0) is 6.92 Å². The van der Waals surface area contributed by atoms with E-state index < -0.39 is 0 Å². The van der Waals surface area contributed by atoms with Gasteiger partial charge in [-0.3, -0.25) is 10.1 Å². The highest BCUT2D eigenvalue weighted by Crippen LogP contribution is 2.20. The lowest BCUT2D eigenvalue weighted by molar-refractivity contribution is 0.102. The first-order valence-corrected chi connectivity index (χ1v) is 5.16. The third kappa shape index (κ3) is 2.11. The number of carbonyl (C=O) groups is 1. The summed E-state index contributed by atoms with van der Waals surface area (Å²) in [5.41, 5.74) is 6.08. The molecule has 0 aromatic carbocycles. The zero-order chi connectivity index (χ0) is 11.5. The summed E-state index contributed by atoms with van der Waals surface area (Å²) in [6.07, 6.45) is 2.86. The summed E-state index contributed by atoms with van der Waals surface area (Å²) in [4.78, 5) is 20.0. The molecule has 0 radical (unpaired) electrons. The molecule has 1 amide bonds. The molecule has 8 heteroatoms. The molecule has 0 saturated heterocycles. The van der Waals surface area contributed by atoms with Crippen LogP contribution in [0.15, 0.2) is 12.4 Å². The van der Waals surface area contributed by atoms with Gasteiger partial charge in [-0.25, -0.2) is 9.97 Å². The van der Waals surface area contributed by atoms with Gasteiger partial charge in [0.1, 0.15) is 4.88 Å². The zero-order valence-electron chi connectivity index (χ0n) is 8.34. The van der Waals surface area contributed by atoms with Gasteiger partial charge in [0.15, 0.2) is 5.13 Å². The maximum atomic E-state index is 11.7. The maximum absolute atomic E-state index is 11.7. The van der Waals surface area contributed by atoms with Crippen molar-refractivity contribution in [2.75, 3.05) is 11.1 Å². The molecule has 0 unspecified atom stereocenters. The highest BCUT2D eigenvalue weighted by Gasteiger charge is 2.15. The molecular weight excluding hydrogens is 228 g/mol. The highest BCUT2D eigenvalue weighted by atomic mass is 32.1. The van der Waals surface area contributed by atoms with Crippen LogP contribution < -0.4 is 11.1 Å². The third-order valence-corrected chi connectivity index (χ3v) is 2.71. The van der Waals surface area contributed by atoms with Crippen LogP contribution in [0.1, 0.15) is 15.4 Å². The average molecular weight is 236 g/mol. The number of thiazole rings is 1. The minimum absolute atomic E-state index is 0.152. The molecule has 3 N–H and O–H groups in total. The van der Waals surface area contributed by atoms with E-state index in [1.54, 1.807) is 6.92 Å². The Morgan fingerprint density at radius 2 is 2.31 bits per heavy atom. The van der Waals surface area contributed by atoms with Crippen LogP contribution in [-0.2, 0) is 0 Å². The number of rotatable bonds is 2. The van der Waals surface area contributed by atoms with Crippen LogP contribution in [-0.4, -0.2) is 26.1 Å². The molecule has 0 aliphatic carbocycles. The van der Waals surface area contributed by atoms with E-state index >= 15 is 0 Å². The van der Waals surface area contributed by atoms with Gasteiger partial charge in [-0.2, -0.15) is 5.10 Å². The van der Waals surface area contributed by atoms with E-state index in [0.29, 0.717) is 15.7 Å². The van der Waals surface area contributed by atoms with Crippen molar-refractivity contribution in [2.24, 2.45) is 0 Å². The largest absolute Gasteiger partial charge is 0.375 e. The number of aryl methyl sites for hydroxylation is 1. The molecular formula is C8H8N6OS. The summed E-state index contributed by atoms with van der Waals surface area (Å²) in [6.45, 7) is 1.71. The van der Waals surface area contributed by atoms with Gasteiger partial charge in [-0.1, -0.05) is 11.3 Å². The Morgan fingerprint density at radius 3 is 2.88 bits per heavy atom. The average Bonchev–Trinajstić information content (AvgIpc) is 2.59. The number of nitrogens with two attached hydrogens (primary N) is 1. The van der Waals surface area contributed by atoms with Crippen LogP contribution in [0.5, 0.6) is 0 Å². The fourth-order valence-corrected chi connectivity index (χ4v) is 1.82. The fraction of sp³-hybridized carbons (Fsp3) is 0.125. The van der Waals surface area contributed by atoms with Gasteiger partial charge in [0, 0.05) is 0 Å². The number of hydrogen-bond acceptors (Lipinski definition) is 7. The first kappa shape index (κ1) is 10.4. The van der Waals surface area contributed by atoms with E-state index in [9.17, 15) is 4.79 Å². The Labute approximate surface area is 94.8 Å². The summed E-state index contributed by atoms with van der Waals surface area (Å²) in [5, 5.41) is 10.1. The van der Waals surface area contributed by atoms with Gasteiger partial charge >= 0.3 is 0 Å². The second-order valence-corrected chi connectivity index (χ2v) is 3.92. The molecule has 0 atom stereocenters. The van der Waals surface area contributed by atoms with Crippen molar-refractivity contribution in [1.82, 2.24) is 20.2 Å². The third-order valence-electron chi connectivity index (χ3n) is 1.73. The number of nitrogens with one attached hydrogen (secondary N) is 1. The summed E-state index contributed by atoms with van der Waals surface area (Å²) in [5.74, 6) is -0.182. The number of aromatic nitrogens is 4. The Bertz CT molecular complexity index is 511. The molecule has 0 bridgehead atoms. The van der Waals surface area contributed by atoms with Crippen LogP contribution in [0.2, 0.25) is 0 Å². The standard InChI is InChI=1S/C8H8N6OS/c1-4-5(16-7(9)12-4)6(15)13-8-10-2-3-11-14-8/h2-3H,1H3,(H2,9,12)(H,10,13,14,15). The number of anilines is 2. The summed E-state index contributed by atoms with van der Waals surface area (Å²) < 4.78 is 0. The molecule has 0 saturated carbocycles. The molecule has 0 aliphatic rings. The molecule has 7 nitrogen and oxygen atoms in total. The predicted octanol–water partition coefficient (Wildman–Crippen LogP) is 0.471. The molecule has 0 fully saturated rings. The van der Waals surface area contributed by atoms with Crippen molar-refractivity contribution in [3.63, 3.8) is 0 Å². The van der Waals surface area contributed by atoms with Crippen LogP contribution in [0, 0.1) is 6.92 Å². The number of amides is 1. The van der Waals surface area contributed by atoms with Crippen molar-refractivity contribution in [3.8, 4) is 0 Å². The minimum Gasteiger partial charge on any atom is -0.375 e. The maximum Gasteiger partial charge on any atom is 0.270 e. The zero-order valence-corrected chi connectivity index (χ0v) is 9.15. The summed E-state index contributed by atoms with van der Waals surface area (Å²) in [6, 6.07) is 0. The van der Waals surface area contributed by atoms with E-state index in [4.69, 9.17) is 5.73 Å². The topological polar surface area (TPSA) is 107 Å². The molecule has 16 heavy (non-hydrogen) atoms. The van der Waals surface area contributed by atoms with Gasteiger partial charge in [-0.15, -0.1) is 5.10 Å². The van der Waals surface area contributed by atoms with E-state index in [-0.39, 0.29) is 11.9 Å². The van der Waals surface area contributed by atoms with E-state index in [1.165, 1.54) is 12.4 Å². The molecule has 2 aromatic rings. The molecule has 2 rings (SSSR count).